The third-order valence-electron chi connectivity index (χ3n) is 2.91. The molecule has 2 N–H and O–H groups in total. The number of rotatable bonds is 3. The molecule has 0 heterocycles. The van der Waals surface area contributed by atoms with Gasteiger partial charge in [-0.25, -0.2) is 0 Å². The van der Waals surface area contributed by atoms with Crippen LogP contribution in [0.3, 0.4) is 0 Å². The van der Waals surface area contributed by atoms with Crippen molar-refractivity contribution in [2.45, 2.75) is 32.3 Å². The second-order valence-corrected chi connectivity index (χ2v) is 4.21. The lowest BCUT2D eigenvalue weighted by Gasteiger charge is -2.19. The molecule has 0 aliphatic heterocycles. The van der Waals surface area contributed by atoms with Crippen molar-refractivity contribution in [1.82, 2.24) is 0 Å². The minimum Gasteiger partial charge on any atom is -0.485 e. The van der Waals surface area contributed by atoms with Crippen molar-refractivity contribution < 1.29 is 4.74 Å². The molecule has 1 aliphatic rings. The molecule has 0 spiro atoms. The van der Waals surface area contributed by atoms with Crippen molar-refractivity contribution in [3.05, 3.63) is 29.3 Å². The van der Waals surface area contributed by atoms with E-state index in [-0.39, 0.29) is 5.60 Å². The van der Waals surface area contributed by atoms with Crippen LogP contribution < -0.4 is 10.5 Å². The molecule has 0 atom stereocenters. The fourth-order valence-electron chi connectivity index (χ4n) is 1.66. The first-order chi connectivity index (χ1) is 6.67. The SMILES string of the molecule is Cc1cccc(C)c1OC1(CN)CC1. The second-order valence-electron chi connectivity index (χ2n) is 4.21. The molecule has 1 aromatic carbocycles. The highest BCUT2D eigenvalue weighted by atomic mass is 16.5. The average Bonchev–Trinajstić information content (AvgIpc) is 2.93. The standard InChI is InChI=1S/C12H17NO/c1-9-4-3-5-10(2)11(9)14-12(8-13)6-7-12/h3-5H,6-8,13H2,1-2H3. The third-order valence-corrected chi connectivity index (χ3v) is 2.91. The molecule has 0 aromatic heterocycles. The molecule has 1 saturated carbocycles. The summed E-state index contributed by atoms with van der Waals surface area (Å²) >= 11 is 0. The highest BCUT2D eigenvalue weighted by Gasteiger charge is 2.44. The van der Waals surface area contributed by atoms with E-state index in [0.717, 1.165) is 18.6 Å². The Kier molecular flexibility index (Phi) is 2.23. The molecule has 76 valence electrons. The Hall–Kier alpha value is -1.02. The smallest absolute Gasteiger partial charge is 0.126 e. The van der Waals surface area contributed by atoms with Gasteiger partial charge in [-0.3, -0.25) is 0 Å². The van der Waals surface area contributed by atoms with Crippen molar-refractivity contribution in [3.63, 3.8) is 0 Å². The summed E-state index contributed by atoms with van der Waals surface area (Å²) in [5.74, 6) is 1.02. The molecule has 2 heteroatoms. The summed E-state index contributed by atoms with van der Waals surface area (Å²) in [5, 5.41) is 0. The zero-order valence-electron chi connectivity index (χ0n) is 8.84. The first kappa shape index (κ1) is 9.53. The predicted molar refractivity (Wildman–Crippen MR) is 57.6 cm³/mol. The highest BCUT2D eigenvalue weighted by Crippen LogP contribution is 2.41. The largest absolute Gasteiger partial charge is 0.485 e. The number of para-hydroxylation sites is 1. The van der Waals surface area contributed by atoms with E-state index in [1.165, 1.54) is 11.1 Å². The highest BCUT2D eigenvalue weighted by molar-refractivity contribution is 5.40. The molecular formula is C12H17NO. The van der Waals surface area contributed by atoms with Gasteiger partial charge in [0.15, 0.2) is 0 Å². The topological polar surface area (TPSA) is 35.2 Å². The normalized spacial score (nSPS) is 17.9. The van der Waals surface area contributed by atoms with Crippen molar-refractivity contribution in [3.8, 4) is 5.75 Å². The molecule has 0 bridgehead atoms. The average molecular weight is 191 g/mol. The lowest BCUT2D eigenvalue weighted by atomic mass is 10.1. The number of ether oxygens (including phenoxy) is 1. The zero-order chi connectivity index (χ0) is 10.2. The van der Waals surface area contributed by atoms with Gasteiger partial charge < -0.3 is 10.5 Å². The van der Waals surface area contributed by atoms with E-state index in [9.17, 15) is 0 Å². The Bertz CT molecular complexity index is 322. The quantitative estimate of drug-likeness (QED) is 0.794. The van der Waals surface area contributed by atoms with Crippen molar-refractivity contribution in [1.29, 1.82) is 0 Å². The van der Waals surface area contributed by atoms with E-state index in [0.29, 0.717) is 6.54 Å². The van der Waals surface area contributed by atoms with Crippen LogP contribution in [0.1, 0.15) is 24.0 Å². The summed E-state index contributed by atoms with van der Waals surface area (Å²) in [6.45, 7) is 4.78. The monoisotopic (exact) mass is 191 g/mol. The zero-order valence-corrected chi connectivity index (χ0v) is 8.84. The molecule has 0 saturated heterocycles. The van der Waals surface area contributed by atoms with Gasteiger partial charge in [0, 0.05) is 6.54 Å². The number of nitrogens with two attached hydrogens (primary N) is 1. The van der Waals surface area contributed by atoms with Gasteiger partial charge in [0.25, 0.3) is 0 Å². The maximum atomic E-state index is 6.00. The Morgan fingerprint density at radius 3 is 2.29 bits per heavy atom. The third kappa shape index (κ3) is 1.62. The molecule has 2 nitrogen and oxygen atoms in total. The molecule has 2 rings (SSSR count). The van der Waals surface area contributed by atoms with E-state index < -0.39 is 0 Å². The van der Waals surface area contributed by atoms with E-state index in [1.54, 1.807) is 0 Å². The Morgan fingerprint density at radius 2 is 1.86 bits per heavy atom. The predicted octanol–water partition coefficient (Wildman–Crippen LogP) is 2.17. The second kappa shape index (κ2) is 3.28. The van der Waals surface area contributed by atoms with Gasteiger partial charge in [0.2, 0.25) is 0 Å². The van der Waals surface area contributed by atoms with Crippen LogP contribution >= 0.6 is 0 Å². The molecule has 1 fully saturated rings. The van der Waals surface area contributed by atoms with Crippen molar-refractivity contribution in [2.24, 2.45) is 5.73 Å². The molecular weight excluding hydrogens is 174 g/mol. The summed E-state index contributed by atoms with van der Waals surface area (Å²) in [6, 6.07) is 6.21. The summed E-state index contributed by atoms with van der Waals surface area (Å²) in [5.41, 5.74) is 8.04. The lowest BCUT2D eigenvalue weighted by Crippen LogP contribution is -2.29. The van der Waals surface area contributed by atoms with E-state index in [2.05, 4.69) is 32.0 Å². The van der Waals surface area contributed by atoms with Crippen LogP contribution in [0.5, 0.6) is 5.75 Å². The van der Waals surface area contributed by atoms with Crippen LogP contribution in [0.2, 0.25) is 0 Å². The van der Waals surface area contributed by atoms with Gasteiger partial charge in [0.1, 0.15) is 11.4 Å². The fraction of sp³-hybridized carbons (Fsp3) is 0.500. The lowest BCUT2D eigenvalue weighted by molar-refractivity contribution is 0.185. The summed E-state index contributed by atoms with van der Waals surface area (Å²) in [4.78, 5) is 0. The number of aryl methyl sites for hydroxylation is 2. The van der Waals surface area contributed by atoms with E-state index in [1.807, 2.05) is 0 Å². The number of hydrogen-bond donors (Lipinski definition) is 1. The van der Waals surface area contributed by atoms with Crippen LogP contribution in [0.15, 0.2) is 18.2 Å². The maximum absolute atomic E-state index is 6.00. The summed E-state index contributed by atoms with van der Waals surface area (Å²) in [7, 11) is 0. The number of hydrogen-bond acceptors (Lipinski definition) is 2. The Balaban J connectivity index is 2.24. The number of benzene rings is 1. The molecule has 1 aromatic rings. The molecule has 0 radical (unpaired) electrons. The molecule has 0 amide bonds. The molecule has 1 aliphatic carbocycles. The molecule has 0 unspecified atom stereocenters. The van der Waals surface area contributed by atoms with Gasteiger partial charge in [-0.2, -0.15) is 0 Å². The van der Waals surface area contributed by atoms with Crippen LogP contribution in [0.25, 0.3) is 0 Å². The van der Waals surface area contributed by atoms with Gasteiger partial charge in [-0.15, -0.1) is 0 Å². The minimum atomic E-state index is -0.0448. The maximum Gasteiger partial charge on any atom is 0.126 e. The molecule has 14 heavy (non-hydrogen) atoms. The fourth-order valence-corrected chi connectivity index (χ4v) is 1.66. The first-order valence-corrected chi connectivity index (χ1v) is 5.12. The van der Waals surface area contributed by atoms with Gasteiger partial charge in [0.05, 0.1) is 0 Å². The summed E-state index contributed by atoms with van der Waals surface area (Å²) in [6.07, 6.45) is 2.19. The van der Waals surface area contributed by atoms with Crippen LogP contribution in [-0.2, 0) is 0 Å². The van der Waals surface area contributed by atoms with Crippen molar-refractivity contribution in [2.75, 3.05) is 6.54 Å². The first-order valence-electron chi connectivity index (χ1n) is 5.12. The Morgan fingerprint density at radius 1 is 1.29 bits per heavy atom. The van der Waals surface area contributed by atoms with E-state index >= 15 is 0 Å². The van der Waals surface area contributed by atoms with Gasteiger partial charge in [-0.05, 0) is 37.8 Å². The minimum absolute atomic E-state index is 0.0448. The van der Waals surface area contributed by atoms with Crippen LogP contribution in [0.4, 0.5) is 0 Å². The van der Waals surface area contributed by atoms with Gasteiger partial charge in [-0.1, -0.05) is 18.2 Å². The van der Waals surface area contributed by atoms with Crippen LogP contribution in [0, 0.1) is 13.8 Å². The van der Waals surface area contributed by atoms with Gasteiger partial charge >= 0.3 is 0 Å². The summed E-state index contributed by atoms with van der Waals surface area (Å²) < 4.78 is 6.00. The van der Waals surface area contributed by atoms with Crippen LogP contribution in [-0.4, -0.2) is 12.1 Å². The van der Waals surface area contributed by atoms with E-state index in [4.69, 9.17) is 10.5 Å². The Labute approximate surface area is 85.1 Å². The van der Waals surface area contributed by atoms with Crippen molar-refractivity contribution >= 4 is 0 Å².